The largest absolute Gasteiger partial charge is 0.495 e. The molecule has 0 radical (unpaired) electrons. The lowest BCUT2D eigenvalue weighted by molar-refractivity contribution is -0.131. The van der Waals surface area contributed by atoms with E-state index in [1.807, 2.05) is 0 Å². The second kappa shape index (κ2) is 11.0. The van der Waals surface area contributed by atoms with Crippen LogP contribution in [-0.2, 0) is 14.8 Å². The van der Waals surface area contributed by atoms with E-state index in [4.69, 9.17) is 16.3 Å². The second-order valence-corrected chi connectivity index (χ2v) is 10.3. The number of carbonyl (C=O) groups is 1. The third kappa shape index (κ3) is 5.90. The lowest BCUT2D eigenvalue weighted by Gasteiger charge is -2.31. The monoisotopic (exact) mass is 472 g/mol. The highest BCUT2D eigenvalue weighted by Gasteiger charge is 2.34. The molecule has 1 N–H and O–H groups in total. The van der Waals surface area contributed by atoms with Gasteiger partial charge >= 0.3 is 0 Å². The molecule has 31 heavy (non-hydrogen) atoms. The molecule has 2 aliphatic rings. The fourth-order valence-corrected chi connectivity index (χ4v) is 6.24. The molecule has 10 heteroatoms. The summed E-state index contributed by atoms with van der Waals surface area (Å²) >= 11 is 6.12. The molecule has 0 unspecified atom stereocenters. The van der Waals surface area contributed by atoms with Crippen LogP contribution in [0.15, 0.2) is 23.1 Å². The number of rotatable bonds is 9. The predicted molar refractivity (Wildman–Crippen MR) is 121 cm³/mol. The fourth-order valence-electron chi connectivity index (χ4n) is 4.35. The van der Waals surface area contributed by atoms with E-state index in [9.17, 15) is 13.2 Å². The molecule has 0 saturated carbocycles. The van der Waals surface area contributed by atoms with Gasteiger partial charge in [-0.25, -0.2) is 8.42 Å². The van der Waals surface area contributed by atoms with Crippen LogP contribution in [0.4, 0.5) is 0 Å². The molecule has 1 atom stereocenters. The van der Waals surface area contributed by atoms with Gasteiger partial charge in [0.1, 0.15) is 10.6 Å². The van der Waals surface area contributed by atoms with Crippen molar-refractivity contribution in [2.75, 3.05) is 59.5 Å². The fraction of sp³-hybridized carbons (Fsp3) is 0.667. The number of hydrogen-bond donors (Lipinski definition) is 1. The van der Waals surface area contributed by atoms with Crippen LogP contribution in [0.25, 0.3) is 0 Å². The zero-order valence-corrected chi connectivity index (χ0v) is 19.9. The summed E-state index contributed by atoms with van der Waals surface area (Å²) in [6.45, 7) is 7.25. The first-order valence-corrected chi connectivity index (χ1v) is 12.7. The minimum absolute atomic E-state index is 0.0153. The smallest absolute Gasteiger partial charge is 0.246 e. The molecule has 2 saturated heterocycles. The van der Waals surface area contributed by atoms with Gasteiger partial charge in [0.15, 0.2) is 0 Å². The van der Waals surface area contributed by atoms with Crippen molar-refractivity contribution in [3.05, 3.63) is 23.2 Å². The van der Waals surface area contributed by atoms with Crippen LogP contribution in [-0.4, -0.2) is 93.9 Å². The Hall–Kier alpha value is -1.39. The van der Waals surface area contributed by atoms with Crippen molar-refractivity contribution >= 4 is 27.5 Å². The number of likely N-dealkylation sites (N-methyl/N-ethyl adjacent to an activating group) is 1. The summed E-state index contributed by atoms with van der Waals surface area (Å²) in [6, 6.07) is 4.73. The van der Waals surface area contributed by atoms with Crippen LogP contribution in [0.2, 0.25) is 5.02 Å². The Kier molecular flexibility index (Phi) is 8.58. The molecule has 0 aliphatic carbocycles. The molecule has 0 spiro atoms. The highest BCUT2D eigenvalue weighted by molar-refractivity contribution is 7.89. The number of carbonyl (C=O) groups excluding carboxylic acids is 1. The number of sulfonamides is 1. The molecule has 3 rings (SSSR count). The summed E-state index contributed by atoms with van der Waals surface area (Å²) in [7, 11) is -2.46. The van der Waals surface area contributed by atoms with Crippen molar-refractivity contribution in [2.24, 2.45) is 0 Å². The topological polar surface area (TPSA) is 82.2 Å². The Morgan fingerprint density at radius 3 is 2.71 bits per heavy atom. The minimum Gasteiger partial charge on any atom is -0.495 e. The Morgan fingerprint density at radius 2 is 2.03 bits per heavy atom. The van der Waals surface area contributed by atoms with Crippen molar-refractivity contribution in [1.82, 2.24) is 19.4 Å². The molecule has 8 nitrogen and oxygen atoms in total. The molecule has 1 aromatic rings. The molecule has 1 aromatic carbocycles. The number of nitrogens with one attached hydrogen (secondary N) is 1. The average molecular weight is 473 g/mol. The zero-order valence-electron chi connectivity index (χ0n) is 18.3. The van der Waals surface area contributed by atoms with Gasteiger partial charge in [-0.05, 0) is 44.1 Å². The standard InChI is InChI=1S/C21H33ClN4O4S/c1-3-24-11-4-5-18(24)16-26(12-8-21(27)25-13-9-23-10-14-25)31(28,29)20-15-17(22)6-7-19(20)30-2/h6-7,15,18,23H,3-5,8-14,16H2,1-2H3/t18-/m1/s1. The van der Waals surface area contributed by atoms with Gasteiger partial charge in [0.25, 0.3) is 0 Å². The maximum atomic E-state index is 13.7. The predicted octanol–water partition coefficient (Wildman–Crippen LogP) is 1.65. The summed E-state index contributed by atoms with van der Waals surface area (Å²) in [5.41, 5.74) is 0. The number of methoxy groups -OCH3 is 1. The highest BCUT2D eigenvalue weighted by Crippen LogP contribution is 2.31. The quantitative estimate of drug-likeness (QED) is 0.588. The Labute approximate surface area is 190 Å². The number of nitrogens with zero attached hydrogens (tertiary/aromatic N) is 3. The average Bonchev–Trinajstić information content (AvgIpc) is 3.24. The number of amides is 1. The molecule has 2 fully saturated rings. The van der Waals surface area contributed by atoms with E-state index in [1.54, 1.807) is 17.0 Å². The molecule has 2 aliphatic heterocycles. The molecule has 2 heterocycles. The summed E-state index contributed by atoms with van der Waals surface area (Å²) in [4.78, 5) is 16.9. The third-order valence-electron chi connectivity index (χ3n) is 6.11. The van der Waals surface area contributed by atoms with Gasteiger partial charge in [-0.3, -0.25) is 9.69 Å². The van der Waals surface area contributed by atoms with Gasteiger partial charge < -0.3 is 15.0 Å². The van der Waals surface area contributed by atoms with Crippen LogP contribution >= 0.6 is 11.6 Å². The number of ether oxygens (including phenoxy) is 1. The van der Waals surface area contributed by atoms with Crippen LogP contribution in [0.3, 0.4) is 0 Å². The maximum Gasteiger partial charge on any atom is 0.246 e. The Morgan fingerprint density at radius 1 is 1.29 bits per heavy atom. The van der Waals surface area contributed by atoms with Gasteiger partial charge in [-0.15, -0.1) is 0 Å². The molecule has 0 aromatic heterocycles. The van der Waals surface area contributed by atoms with Gasteiger partial charge in [-0.2, -0.15) is 4.31 Å². The second-order valence-electron chi connectivity index (χ2n) is 7.96. The number of benzene rings is 1. The SMILES string of the molecule is CCN1CCC[C@@H]1CN(CCC(=O)N1CCNCC1)S(=O)(=O)c1cc(Cl)ccc1OC. The van der Waals surface area contributed by atoms with Crippen molar-refractivity contribution in [3.63, 3.8) is 0 Å². The lowest BCUT2D eigenvalue weighted by Crippen LogP contribution is -2.48. The van der Waals surface area contributed by atoms with Gasteiger partial charge in [-0.1, -0.05) is 18.5 Å². The molecular weight excluding hydrogens is 440 g/mol. The van der Waals surface area contributed by atoms with E-state index in [0.29, 0.717) is 24.7 Å². The third-order valence-corrected chi connectivity index (χ3v) is 8.23. The van der Waals surface area contributed by atoms with E-state index in [2.05, 4.69) is 17.1 Å². The molecule has 174 valence electrons. The van der Waals surface area contributed by atoms with E-state index in [0.717, 1.165) is 39.0 Å². The van der Waals surface area contributed by atoms with E-state index in [-0.39, 0.29) is 35.6 Å². The minimum atomic E-state index is -3.90. The number of halogens is 1. The summed E-state index contributed by atoms with van der Waals surface area (Å²) < 4.78 is 34.1. The Bertz CT molecular complexity index is 861. The Balaban J connectivity index is 1.83. The van der Waals surface area contributed by atoms with E-state index < -0.39 is 10.0 Å². The van der Waals surface area contributed by atoms with Gasteiger partial charge in [0.05, 0.1) is 7.11 Å². The first-order valence-electron chi connectivity index (χ1n) is 10.9. The first-order chi connectivity index (χ1) is 14.9. The van der Waals surface area contributed by atoms with Crippen molar-refractivity contribution in [2.45, 2.75) is 37.1 Å². The van der Waals surface area contributed by atoms with Gasteiger partial charge in [0.2, 0.25) is 15.9 Å². The molecule has 1 amide bonds. The summed E-state index contributed by atoms with van der Waals surface area (Å²) in [5.74, 6) is 0.236. The van der Waals surface area contributed by atoms with Crippen LogP contribution in [0.1, 0.15) is 26.2 Å². The molecule has 0 bridgehead atoms. The van der Waals surface area contributed by atoms with E-state index in [1.165, 1.54) is 17.5 Å². The van der Waals surface area contributed by atoms with Crippen molar-refractivity contribution in [3.8, 4) is 5.75 Å². The summed E-state index contributed by atoms with van der Waals surface area (Å²) in [5, 5.41) is 3.55. The summed E-state index contributed by atoms with van der Waals surface area (Å²) in [6.07, 6.45) is 2.14. The van der Waals surface area contributed by atoms with Crippen molar-refractivity contribution in [1.29, 1.82) is 0 Å². The zero-order chi connectivity index (χ0) is 22.4. The maximum absolute atomic E-state index is 13.7. The van der Waals surface area contributed by atoms with Crippen LogP contribution < -0.4 is 10.1 Å². The number of likely N-dealkylation sites (tertiary alicyclic amines) is 1. The number of hydrogen-bond acceptors (Lipinski definition) is 6. The lowest BCUT2D eigenvalue weighted by atomic mass is 10.2. The van der Waals surface area contributed by atoms with E-state index >= 15 is 0 Å². The molecular formula is C21H33ClN4O4S. The van der Waals surface area contributed by atoms with Crippen LogP contribution in [0.5, 0.6) is 5.75 Å². The highest BCUT2D eigenvalue weighted by atomic mass is 35.5. The number of piperazine rings is 1. The van der Waals surface area contributed by atoms with Crippen molar-refractivity contribution < 1.29 is 17.9 Å². The normalized spacial score (nSPS) is 20.4. The van der Waals surface area contributed by atoms with Crippen LogP contribution in [0, 0.1) is 0 Å². The van der Waals surface area contributed by atoms with Gasteiger partial charge in [0, 0.05) is 56.8 Å². The first kappa shape index (κ1) is 24.3.